The van der Waals surface area contributed by atoms with Crippen LogP contribution < -0.4 is 0 Å². The smallest absolute Gasteiger partial charge is 0.0348 e. The van der Waals surface area contributed by atoms with Crippen molar-refractivity contribution in [3.63, 3.8) is 0 Å². The van der Waals surface area contributed by atoms with E-state index >= 15 is 0 Å². The van der Waals surface area contributed by atoms with E-state index in [0.717, 1.165) is 0 Å². The first kappa shape index (κ1) is 23.3. The first-order valence-corrected chi connectivity index (χ1v) is 13.5. The average Bonchev–Trinajstić information content (AvgIpc) is 3.31. The average molecular weight is 439 g/mol. The lowest BCUT2D eigenvalue weighted by molar-refractivity contribution is 0.666. The molecule has 2 heterocycles. The molecular formula is C28H38S2. The Balaban J connectivity index is 1.65. The van der Waals surface area contributed by atoms with Crippen molar-refractivity contribution in [2.75, 3.05) is 0 Å². The molecule has 3 aromatic rings. The third-order valence-electron chi connectivity index (χ3n) is 6.09. The Morgan fingerprint density at radius 1 is 0.567 bits per heavy atom. The summed E-state index contributed by atoms with van der Waals surface area (Å²) in [5, 5.41) is 0. The van der Waals surface area contributed by atoms with E-state index in [4.69, 9.17) is 0 Å². The van der Waals surface area contributed by atoms with Gasteiger partial charge in [-0.25, -0.2) is 0 Å². The maximum Gasteiger partial charge on any atom is 0.0348 e. The second-order valence-corrected chi connectivity index (χ2v) is 11.1. The summed E-state index contributed by atoms with van der Waals surface area (Å²) in [6.45, 7) is 9.13. The fourth-order valence-electron chi connectivity index (χ4n) is 4.10. The molecule has 2 heteroatoms. The second-order valence-electron chi connectivity index (χ2n) is 8.58. The number of hydrogen-bond acceptors (Lipinski definition) is 2. The van der Waals surface area contributed by atoms with Gasteiger partial charge in [-0.2, -0.15) is 0 Å². The molecule has 0 N–H and O–H groups in total. The zero-order chi connectivity index (χ0) is 21.3. The van der Waals surface area contributed by atoms with Crippen LogP contribution in [0.15, 0.2) is 36.4 Å². The Kier molecular flexibility index (Phi) is 9.21. The molecule has 0 nitrogen and oxygen atoms in total. The molecule has 0 radical (unpaired) electrons. The molecule has 0 aliphatic carbocycles. The van der Waals surface area contributed by atoms with E-state index in [1.807, 2.05) is 22.7 Å². The molecule has 0 spiro atoms. The van der Waals surface area contributed by atoms with Crippen molar-refractivity contribution in [1.29, 1.82) is 0 Å². The molecule has 2 aromatic heterocycles. The summed E-state index contributed by atoms with van der Waals surface area (Å²) in [6.07, 6.45) is 13.2. The highest BCUT2D eigenvalue weighted by Gasteiger charge is 2.10. The van der Waals surface area contributed by atoms with Gasteiger partial charge >= 0.3 is 0 Å². The Hall–Kier alpha value is -1.38. The topological polar surface area (TPSA) is 0 Å². The van der Waals surface area contributed by atoms with Gasteiger partial charge in [-0.15, -0.1) is 22.7 Å². The van der Waals surface area contributed by atoms with Crippen LogP contribution in [0.5, 0.6) is 0 Å². The molecule has 30 heavy (non-hydrogen) atoms. The molecule has 3 rings (SSSR count). The quantitative estimate of drug-likeness (QED) is 0.247. The van der Waals surface area contributed by atoms with Crippen LogP contribution in [-0.2, 0) is 12.8 Å². The van der Waals surface area contributed by atoms with Crippen molar-refractivity contribution in [3.8, 4) is 20.9 Å². The maximum atomic E-state index is 2.44. The van der Waals surface area contributed by atoms with Gasteiger partial charge in [0, 0.05) is 19.5 Å². The number of benzene rings is 1. The lowest BCUT2D eigenvalue weighted by Crippen LogP contribution is -1.85. The first-order chi connectivity index (χ1) is 14.6. The molecule has 0 amide bonds. The minimum atomic E-state index is 1.23. The van der Waals surface area contributed by atoms with Crippen molar-refractivity contribution < 1.29 is 0 Å². The molecule has 0 bridgehead atoms. The van der Waals surface area contributed by atoms with Gasteiger partial charge < -0.3 is 0 Å². The number of unbranched alkanes of at least 4 members (excludes halogenated alkanes) is 6. The third kappa shape index (κ3) is 6.31. The molecule has 0 fully saturated rings. The van der Waals surface area contributed by atoms with Gasteiger partial charge in [0.05, 0.1) is 0 Å². The summed E-state index contributed by atoms with van der Waals surface area (Å²) in [5.41, 5.74) is 5.83. The highest BCUT2D eigenvalue weighted by atomic mass is 32.1. The normalized spacial score (nSPS) is 11.3. The summed E-state index contributed by atoms with van der Waals surface area (Å²) in [5.74, 6) is 0. The SMILES string of the molecule is CCCCCCc1cc(-c2ccc(-c3cc(CCCCCC)c(C)s3)cc2)sc1C. The van der Waals surface area contributed by atoms with Crippen LogP contribution in [0, 0.1) is 13.8 Å². The van der Waals surface area contributed by atoms with E-state index < -0.39 is 0 Å². The summed E-state index contributed by atoms with van der Waals surface area (Å²) in [4.78, 5) is 5.83. The van der Waals surface area contributed by atoms with Crippen LogP contribution in [0.3, 0.4) is 0 Å². The zero-order valence-electron chi connectivity index (χ0n) is 19.4. The number of hydrogen-bond donors (Lipinski definition) is 0. The van der Waals surface area contributed by atoms with E-state index in [-0.39, 0.29) is 0 Å². The summed E-state index contributed by atoms with van der Waals surface area (Å²) < 4.78 is 0. The van der Waals surface area contributed by atoms with Crippen LogP contribution in [-0.4, -0.2) is 0 Å². The molecule has 1 aromatic carbocycles. The van der Waals surface area contributed by atoms with Crippen molar-refractivity contribution in [2.24, 2.45) is 0 Å². The summed E-state index contributed by atoms with van der Waals surface area (Å²) in [6, 6.07) is 14.1. The predicted octanol–water partition coefficient (Wildman–Crippen LogP) is 10.0. The fraction of sp³-hybridized carbons (Fsp3) is 0.500. The Morgan fingerprint density at radius 3 is 1.33 bits per heavy atom. The van der Waals surface area contributed by atoms with Gasteiger partial charge in [0.15, 0.2) is 0 Å². The molecule has 162 valence electrons. The molecule has 0 atom stereocenters. The highest BCUT2D eigenvalue weighted by Crippen LogP contribution is 2.36. The molecule has 0 aliphatic heterocycles. The van der Waals surface area contributed by atoms with Gasteiger partial charge in [-0.1, -0.05) is 76.6 Å². The number of rotatable bonds is 12. The lowest BCUT2D eigenvalue weighted by Gasteiger charge is -2.01. The Morgan fingerprint density at radius 2 is 0.967 bits per heavy atom. The number of aryl methyl sites for hydroxylation is 4. The van der Waals surface area contributed by atoms with Crippen molar-refractivity contribution in [3.05, 3.63) is 57.3 Å². The fourth-order valence-corrected chi connectivity index (χ4v) is 6.26. The molecule has 0 unspecified atom stereocenters. The second kappa shape index (κ2) is 11.9. The van der Waals surface area contributed by atoms with Crippen molar-refractivity contribution in [2.45, 2.75) is 91.9 Å². The minimum absolute atomic E-state index is 1.23. The minimum Gasteiger partial charge on any atom is -0.140 e. The van der Waals surface area contributed by atoms with E-state index in [2.05, 4.69) is 64.1 Å². The van der Waals surface area contributed by atoms with Crippen LogP contribution in [0.1, 0.15) is 86.1 Å². The Bertz CT molecular complexity index is 820. The lowest BCUT2D eigenvalue weighted by atomic mass is 10.0. The first-order valence-electron chi connectivity index (χ1n) is 11.9. The standard InChI is InChI=1S/C28H38S2/c1-5-7-9-11-13-25-19-27(29-21(25)3)23-15-17-24(18-16-23)28-20-26(22(4)30-28)14-12-10-8-6-2/h15-20H,5-14H2,1-4H3. The molecular weight excluding hydrogens is 400 g/mol. The van der Waals surface area contributed by atoms with Gasteiger partial charge in [0.25, 0.3) is 0 Å². The van der Waals surface area contributed by atoms with Gasteiger partial charge in [-0.3, -0.25) is 0 Å². The van der Waals surface area contributed by atoms with Crippen LogP contribution in [0.2, 0.25) is 0 Å². The maximum absolute atomic E-state index is 2.44. The summed E-state index contributed by atoms with van der Waals surface area (Å²) >= 11 is 3.91. The van der Waals surface area contributed by atoms with Crippen LogP contribution in [0.4, 0.5) is 0 Å². The summed E-state index contributed by atoms with van der Waals surface area (Å²) in [7, 11) is 0. The van der Waals surface area contributed by atoms with Gasteiger partial charge in [-0.05, 0) is 73.9 Å². The van der Waals surface area contributed by atoms with Crippen LogP contribution in [0.25, 0.3) is 20.9 Å². The highest BCUT2D eigenvalue weighted by molar-refractivity contribution is 7.16. The third-order valence-corrected chi connectivity index (χ3v) is 8.38. The van der Waals surface area contributed by atoms with E-state index in [1.165, 1.54) is 94.8 Å². The van der Waals surface area contributed by atoms with E-state index in [1.54, 1.807) is 11.1 Å². The van der Waals surface area contributed by atoms with Crippen LogP contribution >= 0.6 is 22.7 Å². The van der Waals surface area contributed by atoms with Crippen molar-refractivity contribution in [1.82, 2.24) is 0 Å². The zero-order valence-corrected chi connectivity index (χ0v) is 21.0. The molecule has 0 saturated heterocycles. The van der Waals surface area contributed by atoms with Gasteiger partial charge in [0.2, 0.25) is 0 Å². The number of thiophene rings is 2. The predicted molar refractivity (Wildman–Crippen MR) is 138 cm³/mol. The van der Waals surface area contributed by atoms with E-state index in [9.17, 15) is 0 Å². The molecule has 0 aliphatic rings. The monoisotopic (exact) mass is 438 g/mol. The van der Waals surface area contributed by atoms with Gasteiger partial charge in [0.1, 0.15) is 0 Å². The van der Waals surface area contributed by atoms with E-state index in [0.29, 0.717) is 0 Å². The van der Waals surface area contributed by atoms with Crippen molar-refractivity contribution >= 4 is 22.7 Å². The Labute approximate surface area is 192 Å². The largest absolute Gasteiger partial charge is 0.140 e. The molecule has 0 saturated carbocycles.